The number of carbonyl (C=O) groups excluding carboxylic acids is 3. The summed E-state index contributed by atoms with van der Waals surface area (Å²) in [6.45, 7) is 3.90. The molecular weight excluding hydrogens is 579 g/mol. The number of imide groups is 1. The molecule has 0 aliphatic carbocycles. The summed E-state index contributed by atoms with van der Waals surface area (Å²) in [5.74, 6) is 0.582. The molecule has 2 aliphatic rings. The van der Waals surface area contributed by atoms with Crippen LogP contribution in [0.15, 0.2) is 47.4 Å². The van der Waals surface area contributed by atoms with Crippen LogP contribution < -0.4 is 9.47 Å². The van der Waals surface area contributed by atoms with E-state index in [1.165, 1.54) is 0 Å². The van der Waals surface area contributed by atoms with Crippen LogP contribution in [0, 0.1) is 3.57 Å². The van der Waals surface area contributed by atoms with Gasteiger partial charge in [-0.3, -0.25) is 19.3 Å². The van der Waals surface area contributed by atoms with E-state index in [9.17, 15) is 14.4 Å². The number of amides is 3. The molecule has 184 valence electrons. The Labute approximate surface area is 223 Å². The van der Waals surface area contributed by atoms with Crippen molar-refractivity contribution in [2.75, 3.05) is 26.2 Å². The number of ether oxygens (including phenoxy) is 2. The van der Waals surface area contributed by atoms with Gasteiger partial charge >= 0.3 is 0 Å². The van der Waals surface area contributed by atoms with Crippen LogP contribution in [0.1, 0.15) is 37.3 Å². The summed E-state index contributed by atoms with van der Waals surface area (Å²) in [5.41, 5.74) is 1.76. The van der Waals surface area contributed by atoms with Gasteiger partial charge in [0.05, 0.1) is 15.1 Å². The van der Waals surface area contributed by atoms with Crippen molar-refractivity contribution in [1.29, 1.82) is 0 Å². The quantitative estimate of drug-likeness (QED) is 0.299. The van der Waals surface area contributed by atoms with E-state index in [2.05, 4.69) is 22.6 Å². The van der Waals surface area contributed by atoms with Crippen LogP contribution in [0.5, 0.6) is 11.5 Å². The number of likely N-dealkylation sites (tertiary alicyclic amines) is 1. The van der Waals surface area contributed by atoms with Gasteiger partial charge in [0.2, 0.25) is 5.91 Å². The standard InChI is InChI=1S/C26H27IN2O5S/c1-2-33-21-14-19(13-20(27)24(21)34-17-18-9-5-3-6-10-18)15-22-25(31)29(26(32)35-22)16-23(30)28-11-7-4-8-12-28/h3,5-6,9-10,13-15H,2,4,7-8,11-12,16-17H2,1H3/b22-15+. The largest absolute Gasteiger partial charge is 0.490 e. The molecule has 0 bridgehead atoms. The smallest absolute Gasteiger partial charge is 0.294 e. The van der Waals surface area contributed by atoms with Crippen LogP contribution in [-0.2, 0) is 16.2 Å². The SMILES string of the molecule is CCOc1cc(/C=C2/SC(=O)N(CC(=O)N3CCCCC3)C2=O)cc(I)c1OCc1ccccc1. The number of thioether (sulfide) groups is 1. The number of halogens is 1. The van der Waals surface area contributed by atoms with E-state index in [-0.39, 0.29) is 17.4 Å². The highest BCUT2D eigenvalue weighted by atomic mass is 127. The summed E-state index contributed by atoms with van der Waals surface area (Å²) in [5, 5.41) is -0.422. The van der Waals surface area contributed by atoms with Crippen LogP contribution in [0.4, 0.5) is 4.79 Å². The lowest BCUT2D eigenvalue weighted by atomic mass is 10.1. The van der Waals surface area contributed by atoms with Gasteiger partial charge in [-0.15, -0.1) is 0 Å². The topological polar surface area (TPSA) is 76.2 Å². The van der Waals surface area contributed by atoms with Crippen molar-refractivity contribution in [2.45, 2.75) is 32.8 Å². The van der Waals surface area contributed by atoms with Gasteiger partial charge in [-0.1, -0.05) is 30.3 Å². The highest BCUT2D eigenvalue weighted by molar-refractivity contribution is 14.1. The Bertz CT molecular complexity index is 1130. The van der Waals surface area contributed by atoms with Crippen LogP contribution in [0.3, 0.4) is 0 Å². The van der Waals surface area contributed by atoms with Crippen LogP contribution in [-0.4, -0.2) is 53.1 Å². The highest BCUT2D eigenvalue weighted by Crippen LogP contribution is 2.38. The number of nitrogens with zero attached hydrogens (tertiary/aromatic N) is 2. The molecular formula is C26H27IN2O5S. The van der Waals surface area contributed by atoms with E-state index in [0.29, 0.717) is 37.8 Å². The highest BCUT2D eigenvalue weighted by Gasteiger charge is 2.37. The minimum Gasteiger partial charge on any atom is -0.490 e. The third kappa shape index (κ3) is 6.38. The Kier molecular flexibility index (Phi) is 8.72. The number of benzene rings is 2. The summed E-state index contributed by atoms with van der Waals surface area (Å²) >= 11 is 3.04. The Balaban J connectivity index is 1.50. The molecule has 2 aromatic rings. The van der Waals surface area contributed by atoms with E-state index >= 15 is 0 Å². The van der Waals surface area contributed by atoms with Crippen molar-refractivity contribution in [3.05, 3.63) is 62.1 Å². The molecule has 3 amide bonds. The molecule has 2 aliphatic heterocycles. The average molecular weight is 606 g/mol. The van der Waals surface area contributed by atoms with Crippen molar-refractivity contribution in [3.8, 4) is 11.5 Å². The molecule has 0 spiro atoms. The molecule has 4 rings (SSSR count). The van der Waals surface area contributed by atoms with Gasteiger partial charge in [-0.05, 0) is 89.9 Å². The number of hydrogen-bond donors (Lipinski definition) is 0. The fourth-order valence-electron chi connectivity index (χ4n) is 3.97. The first-order valence-electron chi connectivity index (χ1n) is 11.6. The minimum atomic E-state index is -0.442. The van der Waals surface area contributed by atoms with E-state index in [4.69, 9.17) is 9.47 Å². The fraction of sp³-hybridized carbons (Fsp3) is 0.346. The first-order chi connectivity index (χ1) is 17.0. The van der Waals surface area contributed by atoms with Crippen LogP contribution in [0.2, 0.25) is 0 Å². The van der Waals surface area contributed by atoms with E-state index in [1.54, 1.807) is 17.0 Å². The van der Waals surface area contributed by atoms with Crippen LogP contribution in [0.25, 0.3) is 6.08 Å². The molecule has 2 heterocycles. The maximum atomic E-state index is 12.9. The molecule has 0 unspecified atom stereocenters. The number of piperidine rings is 1. The summed E-state index contributed by atoms with van der Waals surface area (Å²) in [6.07, 6.45) is 4.69. The summed E-state index contributed by atoms with van der Waals surface area (Å²) in [7, 11) is 0. The van der Waals surface area contributed by atoms with Crippen molar-refractivity contribution >= 4 is 57.5 Å². The second-order valence-corrected chi connectivity index (χ2v) is 10.4. The minimum absolute atomic E-state index is 0.179. The Morgan fingerprint density at radius 2 is 1.83 bits per heavy atom. The van der Waals surface area contributed by atoms with Gasteiger partial charge in [0, 0.05) is 13.1 Å². The van der Waals surface area contributed by atoms with Crippen molar-refractivity contribution < 1.29 is 23.9 Å². The first-order valence-corrected chi connectivity index (χ1v) is 13.5. The number of rotatable bonds is 8. The lowest BCUT2D eigenvalue weighted by molar-refractivity contribution is -0.136. The van der Waals surface area contributed by atoms with Gasteiger partial charge in [0.25, 0.3) is 11.1 Å². The zero-order chi connectivity index (χ0) is 24.8. The predicted molar refractivity (Wildman–Crippen MR) is 144 cm³/mol. The molecule has 0 aromatic heterocycles. The first kappa shape index (κ1) is 25.6. The Morgan fingerprint density at radius 1 is 1.09 bits per heavy atom. The maximum Gasteiger partial charge on any atom is 0.294 e. The molecule has 9 heteroatoms. The van der Waals surface area contributed by atoms with Crippen molar-refractivity contribution in [1.82, 2.24) is 9.80 Å². The van der Waals surface area contributed by atoms with E-state index in [0.717, 1.165) is 50.6 Å². The van der Waals surface area contributed by atoms with Gasteiger partial charge in [0.15, 0.2) is 11.5 Å². The molecule has 0 atom stereocenters. The number of hydrogen-bond acceptors (Lipinski definition) is 6. The third-order valence-corrected chi connectivity index (χ3v) is 7.44. The van der Waals surface area contributed by atoms with Crippen molar-refractivity contribution in [3.63, 3.8) is 0 Å². The van der Waals surface area contributed by atoms with Crippen LogP contribution >= 0.6 is 34.4 Å². The molecule has 2 saturated heterocycles. The molecule has 0 N–H and O–H groups in total. The molecule has 2 aromatic carbocycles. The fourth-order valence-corrected chi connectivity index (χ4v) is 5.59. The second kappa shape index (κ2) is 11.9. The molecule has 0 radical (unpaired) electrons. The van der Waals surface area contributed by atoms with Gasteiger partial charge < -0.3 is 14.4 Å². The molecule has 35 heavy (non-hydrogen) atoms. The summed E-state index contributed by atoms with van der Waals surface area (Å²) in [4.78, 5) is 41.1. The van der Waals surface area contributed by atoms with E-state index in [1.807, 2.05) is 43.3 Å². The number of carbonyl (C=O) groups is 3. The Hall–Kier alpha value is -2.53. The monoisotopic (exact) mass is 606 g/mol. The van der Waals surface area contributed by atoms with E-state index < -0.39 is 11.1 Å². The second-order valence-electron chi connectivity index (χ2n) is 8.25. The lowest BCUT2D eigenvalue weighted by Gasteiger charge is -2.27. The zero-order valence-corrected chi connectivity index (χ0v) is 22.5. The molecule has 7 nitrogen and oxygen atoms in total. The van der Waals surface area contributed by atoms with Crippen molar-refractivity contribution in [2.24, 2.45) is 0 Å². The van der Waals surface area contributed by atoms with Gasteiger partial charge in [-0.2, -0.15) is 0 Å². The third-order valence-electron chi connectivity index (χ3n) is 5.73. The van der Waals surface area contributed by atoms with Gasteiger partial charge in [0.1, 0.15) is 13.2 Å². The zero-order valence-electron chi connectivity index (χ0n) is 19.5. The maximum absolute atomic E-state index is 12.9. The normalized spacial score (nSPS) is 17.3. The van der Waals surface area contributed by atoms with Gasteiger partial charge in [-0.25, -0.2) is 0 Å². The Morgan fingerprint density at radius 3 is 2.54 bits per heavy atom. The molecule has 0 saturated carbocycles. The average Bonchev–Trinajstić information content (AvgIpc) is 3.12. The lowest BCUT2D eigenvalue weighted by Crippen LogP contribution is -2.44. The summed E-state index contributed by atoms with van der Waals surface area (Å²) < 4.78 is 12.7. The molecule has 2 fully saturated rings. The summed E-state index contributed by atoms with van der Waals surface area (Å²) in [6, 6.07) is 13.6. The predicted octanol–water partition coefficient (Wildman–Crippen LogP) is 5.32.